The highest BCUT2D eigenvalue weighted by Crippen LogP contribution is 2.28. The van der Waals surface area contributed by atoms with Crippen LogP contribution in [0, 0.1) is 0 Å². The number of piperazine rings is 1. The molecule has 4 N–H and O–H groups in total. The van der Waals surface area contributed by atoms with E-state index in [2.05, 4.69) is 39.1 Å². The Morgan fingerprint density at radius 3 is 2.53 bits per heavy atom. The van der Waals surface area contributed by atoms with Gasteiger partial charge in [-0.1, -0.05) is 6.07 Å². The number of aromatic nitrogens is 4. The van der Waals surface area contributed by atoms with Gasteiger partial charge in [0.1, 0.15) is 5.82 Å². The Kier molecular flexibility index (Phi) is 4.32. The Bertz CT molecular complexity index is 1250. The van der Waals surface area contributed by atoms with E-state index in [0.717, 1.165) is 48.3 Å². The zero-order chi connectivity index (χ0) is 20.8. The van der Waals surface area contributed by atoms with E-state index in [-0.39, 0.29) is 17.4 Å². The fraction of sp³-hybridized carbons (Fsp3) is 0.286. The Hall–Kier alpha value is -3.59. The number of aromatic hydroxyl groups is 2. The van der Waals surface area contributed by atoms with E-state index < -0.39 is 0 Å². The molecular weight excluding hydrogens is 382 g/mol. The van der Waals surface area contributed by atoms with Crippen molar-refractivity contribution in [2.45, 2.75) is 6.42 Å². The lowest BCUT2D eigenvalue weighted by Gasteiger charge is -2.34. The van der Waals surface area contributed by atoms with E-state index in [1.165, 1.54) is 12.1 Å². The summed E-state index contributed by atoms with van der Waals surface area (Å²) in [6, 6.07) is 10.9. The summed E-state index contributed by atoms with van der Waals surface area (Å²) < 4.78 is 1.65. The van der Waals surface area contributed by atoms with Crippen LogP contribution in [0.2, 0.25) is 0 Å². The molecule has 0 unspecified atom stereocenters. The quantitative estimate of drug-likeness (QED) is 0.440. The molecule has 5 rings (SSSR count). The van der Waals surface area contributed by atoms with Crippen molar-refractivity contribution in [1.82, 2.24) is 24.5 Å². The van der Waals surface area contributed by atoms with Crippen molar-refractivity contribution in [3.05, 3.63) is 47.8 Å². The van der Waals surface area contributed by atoms with Gasteiger partial charge in [0.25, 0.3) is 0 Å². The van der Waals surface area contributed by atoms with Gasteiger partial charge >= 0.3 is 0 Å². The number of rotatable bonds is 3. The molecule has 154 valence electrons. The molecule has 0 radical (unpaired) electrons. The van der Waals surface area contributed by atoms with E-state index in [4.69, 9.17) is 10.7 Å². The van der Waals surface area contributed by atoms with Crippen LogP contribution in [-0.2, 0) is 6.42 Å². The Morgan fingerprint density at radius 2 is 1.77 bits per heavy atom. The zero-order valence-corrected chi connectivity index (χ0v) is 16.7. The SMILES string of the molecule is CN1CCN(c2ccc3c(c2)nc(Cc2ccc(O)c(O)c2)n2nc(N)nc32)CC1. The minimum atomic E-state index is -0.167. The predicted octanol–water partition coefficient (Wildman–Crippen LogP) is 1.61. The molecule has 1 fully saturated rings. The van der Waals surface area contributed by atoms with Crippen molar-refractivity contribution < 1.29 is 10.2 Å². The van der Waals surface area contributed by atoms with Crippen LogP contribution in [0.5, 0.6) is 11.5 Å². The highest BCUT2D eigenvalue weighted by atomic mass is 16.3. The van der Waals surface area contributed by atoms with Crippen molar-refractivity contribution in [3.63, 3.8) is 0 Å². The Labute approximate surface area is 173 Å². The van der Waals surface area contributed by atoms with Crippen LogP contribution in [0.1, 0.15) is 11.4 Å². The Morgan fingerprint density at radius 1 is 0.967 bits per heavy atom. The third-order valence-electron chi connectivity index (χ3n) is 5.61. The Balaban J connectivity index is 1.60. The van der Waals surface area contributed by atoms with Crippen molar-refractivity contribution >= 4 is 28.2 Å². The zero-order valence-electron chi connectivity index (χ0n) is 16.7. The highest BCUT2D eigenvalue weighted by Gasteiger charge is 2.17. The maximum Gasteiger partial charge on any atom is 0.240 e. The van der Waals surface area contributed by atoms with Crippen molar-refractivity contribution in [2.75, 3.05) is 43.9 Å². The molecule has 2 aromatic heterocycles. The first kappa shape index (κ1) is 18.4. The monoisotopic (exact) mass is 405 g/mol. The van der Waals surface area contributed by atoms with Crippen molar-refractivity contribution in [2.24, 2.45) is 0 Å². The third-order valence-corrected chi connectivity index (χ3v) is 5.61. The topological polar surface area (TPSA) is 116 Å². The van der Waals surface area contributed by atoms with Crippen LogP contribution in [0.4, 0.5) is 11.6 Å². The van der Waals surface area contributed by atoms with Gasteiger partial charge in [-0.3, -0.25) is 0 Å². The van der Waals surface area contributed by atoms with Gasteiger partial charge in [-0.15, -0.1) is 5.10 Å². The summed E-state index contributed by atoms with van der Waals surface area (Å²) >= 11 is 0. The highest BCUT2D eigenvalue weighted by molar-refractivity contribution is 5.93. The van der Waals surface area contributed by atoms with Gasteiger partial charge in [0, 0.05) is 43.7 Å². The molecule has 9 heteroatoms. The van der Waals surface area contributed by atoms with E-state index in [1.54, 1.807) is 10.6 Å². The normalized spacial score (nSPS) is 15.3. The lowest BCUT2D eigenvalue weighted by Crippen LogP contribution is -2.44. The molecule has 3 heterocycles. The largest absolute Gasteiger partial charge is 0.504 e. The van der Waals surface area contributed by atoms with E-state index in [9.17, 15) is 10.2 Å². The average molecular weight is 405 g/mol. The molecule has 0 aliphatic carbocycles. The maximum atomic E-state index is 9.83. The van der Waals surface area contributed by atoms with Gasteiger partial charge < -0.3 is 25.7 Å². The molecule has 1 saturated heterocycles. The van der Waals surface area contributed by atoms with Crippen LogP contribution >= 0.6 is 0 Å². The summed E-state index contributed by atoms with van der Waals surface area (Å²) in [7, 11) is 2.14. The third kappa shape index (κ3) is 3.22. The maximum absolute atomic E-state index is 9.83. The second-order valence-corrected chi connectivity index (χ2v) is 7.73. The number of phenolic OH excluding ortho intramolecular Hbond substituents is 2. The fourth-order valence-corrected chi connectivity index (χ4v) is 3.91. The first-order valence-electron chi connectivity index (χ1n) is 9.87. The van der Waals surface area contributed by atoms with E-state index in [1.807, 2.05) is 6.07 Å². The lowest BCUT2D eigenvalue weighted by molar-refractivity contribution is 0.313. The molecule has 4 aromatic rings. The fourth-order valence-electron chi connectivity index (χ4n) is 3.91. The summed E-state index contributed by atoms with van der Waals surface area (Å²) in [5.41, 5.74) is 9.29. The lowest BCUT2D eigenvalue weighted by atomic mass is 10.1. The minimum Gasteiger partial charge on any atom is -0.504 e. The number of hydrogen-bond donors (Lipinski definition) is 3. The number of nitrogen functional groups attached to an aromatic ring is 1. The standard InChI is InChI=1S/C21H23N7O2/c1-26-6-8-27(9-7-26)14-3-4-15-16(12-14)23-19(28-20(15)24-21(22)25-28)11-13-2-5-17(29)18(30)10-13/h2-5,10,12,29-30H,6-9,11H2,1H3,(H2,22,25). The molecule has 9 nitrogen and oxygen atoms in total. The average Bonchev–Trinajstić information content (AvgIpc) is 3.13. The van der Waals surface area contributed by atoms with Gasteiger partial charge in [0.2, 0.25) is 5.95 Å². The molecule has 2 aromatic carbocycles. The first-order valence-corrected chi connectivity index (χ1v) is 9.87. The minimum absolute atomic E-state index is 0.155. The molecule has 0 atom stereocenters. The number of benzene rings is 2. The summed E-state index contributed by atoms with van der Waals surface area (Å²) in [6.07, 6.45) is 0.405. The second kappa shape index (κ2) is 7.03. The molecule has 0 spiro atoms. The summed E-state index contributed by atoms with van der Waals surface area (Å²) in [6.45, 7) is 4.01. The smallest absolute Gasteiger partial charge is 0.240 e. The number of nitrogens with zero attached hydrogens (tertiary/aromatic N) is 6. The molecule has 0 amide bonds. The van der Waals surface area contributed by atoms with Crippen LogP contribution in [0.15, 0.2) is 36.4 Å². The predicted molar refractivity (Wildman–Crippen MR) is 115 cm³/mol. The van der Waals surface area contributed by atoms with Crippen molar-refractivity contribution in [3.8, 4) is 11.5 Å². The van der Waals surface area contributed by atoms with Crippen LogP contribution < -0.4 is 10.6 Å². The molecular formula is C21H23N7O2. The van der Waals surface area contributed by atoms with Crippen LogP contribution in [0.3, 0.4) is 0 Å². The van der Waals surface area contributed by atoms with Crippen LogP contribution in [0.25, 0.3) is 16.6 Å². The number of phenols is 2. The number of nitrogens with two attached hydrogens (primary N) is 1. The van der Waals surface area contributed by atoms with Gasteiger partial charge in [-0.25, -0.2) is 4.98 Å². The summed E-state index contributed by atoms with van der Waals surface area (Å²) in [5, 5.41) is 24.6. The van der Waals surface area contributed by atoms with Crippen LogP contribution in [-0.4, -0.2) is 67.9 Å². The van der Waals surface area contributed by atoms with Gasteiger partial charge in [0.15, 0.2) is 17.1 Å². The molecule has 1 aliphatic rings. The number of fused-ring (bicyclic) bond motifs is 3. The molecule has 0 bridgehead atoms. The molecule has 30 heavy (non-hydrogen) atoms. The van der Waals surface area contributed by atoms with Gasteiger partial charge in [-0.05, 0) is 42.9 Å². The summed E-state index contributed by atoms with van der Waals surface area (Å²) in [4.78, 5) is 14.0. The molecule has 1 aliphatic heterocycles. The van der Waals surface area contributed by atoms with E-state index >= 15 is 0 Å². The van der Waals surface area contributed by atoms with Crippen molar-refractivity contribution in [1.29, 1.82) is 0 Å². The summed E-state index contributed by atoms with van der Waals surface area (Å²) in [5.74, 6) is 0.516. The number of likely N-dealkylation sites (N-methyl/N-ethyl adjacent to an activating group) is 1. The number of anilines is 2. The number of hydrogen-bond acceptors (Lipinski definition) is 8. The van der Waals surface area contributed by atoms with Gasteiger partial charge in [0.05, 0.1) is 5.52 Å². The van der Waals surface area contributed by atoms with E-state index in [0.29, 0.717) is 17.9 Å². The molecule has 0 saturated carbocycles. The second-order valence-electron chi connectivity index (χ2n) is 7.73. The first-order chi connectivity index (χ1) is 14.5. The van der Waals surface area contributed by atoms with Gasteiger partial charge in [-0.2, -0.15) is 9.50 Å².